The van der Waals surface area contributed by atoms with Gasteiger partial charge in [0, 0.05) is 43.4 Å². The van der Waals surface area contributed by atoms with Crippen LogP contribution in [0.1, 0.15) is 38.5 Å². The Labute approximate surface area is 183 Å². The minimum Gasteiger partial charge on any atom is -0.493 e. The first kappa shape index (κ1) is 21.2. The number of nitrogens with one attached hydrogen (secondary N) is 2. The van der Waals surface area contributed by atoms with Crippen LogP contribution in [-0.4, -0.2) is 49.2 Å². The lowest BCUT2D eigenvalue weighted by Gasteiger charge is -2.33. The molecule has 2 N–H and O–H groups in total. The van der Waals surface area contributed by atoms with Gasteiger partial charge in [0.15, 0.2) is 11.5 Å². The summed E-state index contributed by atoms with van der Waals surface area (Å²) in [6.07, 6.45) is 7.67. The fourth-order valence-corrected chi connectivity index (χ4v) is 4.02. The van der Waals surface area contributed by atoms with Gasteiger partial charge in [-0.25, -0.2) is 9.97 Å². The van der Waals surface area contributed by atoms with Gasteiger partial charge in [0.1, 0.15) is 18.0 Å². The maximum Gasteiger partial charge on any atom is 0.224 e. The number of rotatable bonds is 9. The maximum absolute atomic E-state index is 12.5. The van der Waals surface area contributed by atoms with E-state index in [2.05, 4.69) is 25.5 Å². The molecule has 1 aromatic heterocycles. The van der Waals surface area contributed by atoms with Gasteiger partial charge in [-0.15, -0.1) is 0 Å². The third kappa shape index (κ3) is 5.77. The summed E-state index contributed by atoms with van der Waals surface area (Å²) in [5.74, 6) is 3.61. The quantitative estimate of drug-likeness (QED) is 0.633. The van der Waals surface area contributed by atoms with Crippen LogP contribution in [0.2, 0.25) is 0 Å². The van der Waals surface area contributed by atoms with E-state index >= 15 is 0 Å². The van der Waals surface area contributed by atoms with Crippen molar-refractivity contribution in [3.8, 4) is 11.5 Å². The normalized spacial score (nSPS) is 18.4. The van der Waals surface area contributed by atoms with Crippen LogP contribution in [0.3, 0.4) is 0 Å². The molecule has 1 aliphatic carbocycles. The minimum absolute atomic E-state index is 0.0160. The molecule has 2 aromatic rings. The number of aromatic nitrogens is 2. The van der Waals surface area contributed by atoms with E-state index in [1.165, 1.54) is 12.8 Å². The SMILES string of the molecule is COc1ccc(NC(=O)CCC2CCCN(c3cc(NC4CC4)ncn3)C2)cc1OC. The van der Waals surface area contributed by atoms with E-state index in [4.69, 9.17) is 9.47 Å². The summed E-state index contributed by atoms with van der Waals surface area (Å²) >= 11 is 0. The molecule has 166 valence electrons. The standard InChI is InChI=1S/C23H31N5O3/c1-30-19-9-8-18(12-20(19)31-2)27-23(29)10-5-16-4-3-11-28(14-16)22-13-21(24-15-25-22)26-17-6-7-17/h8-9,12-13,15-17H,3-7,10-11,14H2,1-2H3,(H,27,29)(H,24,25,26). The number of piperidine rings is 1. The Balaban J connectivity index is 1.28. The number of anilines is 3. The highest BCUT2D eigenvalue weighted by Crippen LogP contribution is 2.30. The van der Waals surface area contributed by atoms with E-state index in [0.29, 0.717) is 35.6 Å². The first-order chi connectivity index (χ1) is 15.1. The average Bonchev–Trinajstić information content (AvgIpc) is 3.62. The summed E-state index contributed by atoms with van der Waals surface area (Å²) in [6.45, 7) is 1.91. The van der Waals surface area contributed by atoms with Crippen molar-refractivity contribution >= 4 is 23.2 Å². The van der Waals surface area contributed by atoms with Crippen molar-refractivity contribution < 1.29 is 14.3 Å². The molecule has 2 aliphatic rings. The highest BCUT2D eigenvalue weighted by atomic mass is 16.5. The van der Waals surface area contributed by atoms with Crippen LogP contribution < -0.4 is 25.0 Å². The van der Waals surface area contributed by atoms with Crippen molar-refractivity contribution in [1.82, 2.24) is 9.97 Å². The largest absolute Gasteiger partial charge is 0.493 e. The number of carbonyl (C=O) groups is 1. The Bertz CT molecular complexity index is 903. The molecule has 8 heteroatoms. The smallest absolute Gasteiger partial charge is 0.224 e. The molecule has 1 amide bonds. The van der Waals surface area contributed by atoms with Gasteiger partial charge >= 0.3 is 0 Å². The number of benzene rings is 1. The van der Waals surface area contributed by atoms with Crippen molar-refractivity contribution in [2.75, 3.05) is 42.8 Å². The number of hydrogen-bond acceptors (Lipinski definition) is 7. The Kier molecular flexibility index (Phi) is 6.74. The zero-order chi connectivity index (χ0) is 21.6. The molecule has 0 spiro atoms. The van der Waals surface area contributed by atoms with E-state index < -0.39 is 0 Å². The molecule has 1 aromatic carbocycles. The molecule has 1 saturated heterocycles. The molecule has 2 fully saturated rings. The van der Waals surface area contributed by atoms with Crippen molar-refractivity contribution in [2.45, 2.75) is 44.6 Å². The Hall–Kier alpha value is -3.03. The molecule has 1 saturated carbocycles. The summed E-state index contributed by atoms with van der Waals surface area (Å²) < 4.78 is 10.5. The number of methoxy groups -OCH3 is 2. The van der Waals surface area contributed by atoms with Crippen LogP contribution in [0, 0.1) is 5.92 Å². The van der Waals surface area contributed by atoms with Gasteiger partial charge in [0.05, 0.1) is 14.2 Å². The first-order valence-corrected chi connectivity index (χ1v) is 11.0. The lowest BCUT2D eigenvalue weighted by atomic mass is 9.93. The monoisotopic (exact) mass is 425 g/mol. The van der Waals surface area contributed by atoms with Gasteiger partial charge in [0.2, 0.25) is 5.91 Å². The lowest BCUT2D eigenvalue weighted by molar-refractivity contribution is -0.116. The highest BCUT2D eigenvalue weighted by molar-refractivity contribution is 5.91. The summed E-state index contributed by atoms with van der Waals surface area (Å²) in [6, 6.07) is 8.01. The van der Waals surface area contributed by atoms with Crippen LogP contribution in [-0.2, 0) is 4.79 Å². The second-order valence-electron chi connectivity index (χ2n) is 8.29. The molecule has 4 rings (SSSR count). The van der Waals surface area contributed by atoms with Crippen LogP contribution in [0.5, 0.6) is 11.5 Å². The summed E-state index contributed by atoms with van der Waals surface area (Å²) in [4.78, 5) is 23.6. The molecule has 31 heavy (non-hydrogen) atoms. The van der Waals surface area contributed by atoms with Gasteiger partial charge < -0.3 is 25.0 Å². The van der Waals surface area contributed by atoms with Gasteiger partial charge in [0.25, 0.3) is 0 Å². The lowest BCUT2D eigenvalue weighted by Crippen LogP contribution is -2.36. The summed E-state index contributed by atoms with van der Waals surface area (Å²) in [7, 11) is 3.18. The van der Waals surface area contributed by atoms with Crippen molar-refractivity contribution in [3.63, 3.8) is 0 Å². The highest BCUT2D eigenvalue weighted by Gasteiger charge is 2.24. The molecule has 8 nitrogen and oxygen atoms in total. The molecule has 1 aliphatic heterocycles. The van der Waals surface area contributed by atoms with E-state index in [9.17, 15) is 4.79 Å². The minimum atomic E-state index is 0.0160. The second-order valence-corrected chi connectivity index (χ2v) is 8.29. The zero-order valence-electron chi connectivity index (χ0n) is 18.3. The molecule has 0 bridgehead atoms. The zero-order valence-corrected chi connectivity index (χ0v) is 18.3. The van der Waals surface area contributed by atoms with Crippen LogP contribution in [0.4, 0.5) is 17.3 Å². The van der Waals surface area contributed by atoms with E-state index in [1.807, 2.05) is 12.1 Å². The molecule has 0 radical (unpaired) electrons. The average molecular weight is 426 g/mol. The van der Waals surface area contributed by atoms with Crippen LogP contribution in [0.15, 0.2) is 30.6 Å². The molecular formula is C23H31N5O3. The number of carbonyl (C=O) groups excluding carboxylic acids is 1. The Morgan fingerprint density at radius 2 is 1.97 bits per heavy atom. The van der Waals surface area contributed by atoms with Crippen LogP contribution in [0.25, 0.3) is 0 Å². The summed E-state index contributed by atoms with van der Waals surface area (Å²) in [5.41, 5.74) is 0.713. The Morgan fingerprint density at radius 1 is 1.13 bits per heavy atom. The predicted molar refractivity (Wildman–Crippen MR) is 121 cm³/mol. The van der Waals surface area contributed by atoms with Crippen LogP contribution >= 0.6 is 0 Å². The van der Waals surface area contributed by atoms with Crippen molar-refractivity contribution in [3.05, 3.63) is 30.6 Å². The fourth-order valence-electron chi connectivity index (χ4n) is 4.02. The number of hydrogen-bond donors (Lipinski definition) is 2. The number of amides is 1. The fraction of sp³-hybridized carbons (Fsp3) is 0.522. The van der Waals surface area contributed by atoms with Gasteiger partial charge in [-0.05, 0) is 50.2 Å². The molecular weight excluding hydrogens is 394 g/mol. The van der Waals surface area contributed by atoms with E-state index in [0.717, 1.165) is 44.0 Å². The van der Waals surface area contributed by atoms with Crippen molar-refractivity contribution in [2.24, 2.45) is 5.92 Å². The van der Waals surface area contributed by atoms with Gasteiger partial charge in [-0.2, -0.15) is 0 Å². The predicted octanol–water partition coefficient (Wildman–Crippen LogP) is 3.70. The number of nitrogens with zero attached hydrogens (tertiary/aromatic N) is 3. The van der Waals surface area contributed by atoms with Gasteiger partial charge in [-0.3, -0.25) is 4.79 Å². The second kappa shape index (κ2) is 9.85. The van der Waals surface area contributed by atoms with Gasteiger partial charge in [-0.1, -0.05) is 0 Å². The van der Waals surface area contributed by atoms with E-state index in [1.54, 1.807) is 32.7 Å². The van der Waals surface area contributed by atoms with Crippen molar-refractivity contribution in [1.29, 1.82) is 0 Å². The molecule has 1 unspecified atom stereocenters. The first-order valence-electron chi connectivity index (χ1n) is 11.0. The third-order valence-electron chi connectivity index (χ3n) is 5.87. The molecule has 2 heterocycles. The van der Waals surface area contributed by atoms with E-state index in [-0.39, 0.29) is 5.91 Å². The Morgan fingerprint density at radius 3 is 2.74 bits per heavy atom. The summed E-state index contributed by atoms with van der Waals surface area (Å²) in [5, 5.41) is 6.40. The topological polar surface area (TPSA) is 88.6 Å². The third-order valence-corrected chi connectivity index (χ3v) is 5.87. The maximum atomic E-state index is 12.5. The molecule has 1 atom stereocenters. The number of ether oxygens (including phenoxy) is 2.